The summed E-state index contributed by atoms with van der Waals surface area (Å²) >= 11 is 6.18. The number of nitrogens with zero attached hydrogens (tertiary/aromatic N) is 7. The molecule has 0 radical (unpaired) electrons. The highest BCUT2D eigenvalue weighted by Gasteiger charge is 2.22. The number of carboxylic acid groups (broad SMARTS) is 1. The van der Waals surface area contributed by atoms with Gasteiger partial charge in [0.2, 0.25) is 12.6 Å². The van der Waals surface area contributed by atoms with Crippen LogP contribution in [0.5, 0.6) is 5.75 Å². The van der Waals surface area contributed by atoms with E-state index in [2.05, 4.69) is 32.2 Å². The smallest absolute Gasteiger partial charge is 0.476 e. The third-order valence-electron chi connectivity index (χ3n) is 6.93. The van der Waals surface area contributed by atoms with Crippen LogP contribution < -0.4 is 4.74 Å². The number of imidazole rings is 1. The lowest BCUT2D eigenvalue weighted by Crippen LogP contribution is -2.16. The third kappa shape index (κ3) is 8.55. The van der Waals surface area contributed by atoms with Crippen molar-refractivity contribution in [2.45, 2.75) is 46.1 Å². The molecule has 3 N–H and O–H groups in total. The van der Waals surface area contributed by atoms with Crippen molar-refractivity contribution in [2.75, 3.05) is 0 Å². The molecular weight excluding hydrogens is 634 g/mol. The molecule has 2 aromatic heterocycles. The molecule has 15 nitrogen and oxygen atoms in total. The number of aromatic nitrogens is 6. The monoisotopic (exact) mass is 663 g/mol. The predicted octanol–water partition coefficient (Wildman–Crippen LogP) is 5.63. The Morgan fingerprint density at radius 3 is 2.47 bits per heavy atom. The largest absolute Gasteiger partial charge is 0.515 e. The second-order valence-corrected chi connectivity index (χ2v) is 10.5. The van der Waals surface area contributed by atoms with Crippen LogP contribution in [0.25, 0.3) is 22.5 Å². The van der Waals surface area contributed by atoms with Crippen molar-refractivity contribution < 1.29 is 39.4 Å². The maximum Gasteiger partial charge on any atom is 0.515 e. The number of aryl methyl sites for hydroxylation is 1. The molecule has 0 aliphatic heterocycles. The van der Waals surface area contributed by atoms with Gasteiger partial charge in [-0.15, -0.1) is 15.0 Å². The zero-order chi connectivity index (χ0) is 33.3. The molecule has 3 aromatic carbocycles. The molecule has 0 atom stereocenters. The number of carboxylic acids is 1. The van der Waals surface area contributed by atoms with Crippen molar-refractivity contribution in [1.82, 2.24) is 35.1 Å². The van der Waals surface area contributed by atoms with Gasteiger partial charge in [0.05, 0.1) is 12.0 Å². The van der Waals surface area contributed by atoms with E-state index in [0.29, 0.717) is 35.7 Å². The summed E-state index contributed by atoms with van der Waals surface area (Å²) in [6, 6.07) is 21.4. The van der Waals surface area contributed by atoms with Gasteiger partial charge in [0.25, 0.3) is 0 Å². The van der Waals surface area contributed by atoms with Crippen LogP contribution in [-0.2, 0) is 35.9 Å². The number of benzene rings is 3. The highest BCUT2D eigenvalue weighted by atomic mass is 35.5. The minimum Gasteiger partial charge on any atom is -0.476 e. The number of ether oxygens (including phenoxy) is 2. The third-order valence-corrected chi connectivity index (χ3v) is 7.19. The summed E-state index contributed by atoms with van der Waals surface area (Å²) in [6.07, 6.45) is 1.41. The first kappa shape index (κ1) is 33.2. The molecule has 0 unspecified atom stereocenters. The Balaban J connectivity index is 1.25. The highest BCUT2D eigenvalue weighted by Crippen LogP contribution is 2.30. The van der Waals surface area contributed by atoms with Crippen LogP contribution in [0.4, 0.5) is 4.79 Å². The van der Waals surface area contributed by atoms with Gasteiger partial charge < -0.3 is 19.1 Å². The van der Waals surface area contributed by atoms with Crippen LogP contribution >= 0.6 is 11.6 Å². The lowest BCUT2D eigenvalue weighted by Gasteiger charge is -2.12. The number of tetrazole rings is 1. The van der Waals surface area contributed by atoms with Gasteiger partial charge in [0.1, 0.15) is 11.6 Å². The molecule has 0 saturated carbocycles. The standard InChI is InChI=1S/C31H30ClN7O8/c1-2-3-11-26-33-28(32)27(30(40)41)37(26)17-20-12-14-22(15-13-20)24-9-4-5-10-25(24)29-34-36-38(35-29)19-45-31(42)47-23-8-6-7-21(16-23)18-46-39(43)44/h4-10,12-16,43-44H,2-3,11,17-19H2,1H3,(H,40,41). The quantitative estimate of drug-likeness (QED) is 0.0754. The molecule has 16 heteroatoms. The molecule has 0 aliphatic rings. The van der Waals surface area contributed by atoms with E-state index in [1.165, 1.54) is 12.1 Å². The van der Waals surface area contributed by atoms with Crippen LogP contribution in [-0.4, -0.2) is 62.8 Å². The first-order valence-corrected chi connectivity index (χ1v) is 14.8. The minimum atomic E-state index is -1.13. The van der Waals surface area contributed by atoms with Gasteiger partial charge in [-0.05, 0) is 46.0 Å². The van der Waals surface area contributed by atoms with Crippen LogP contribution in [0.3, 0.4) is 0 Å². The van der Waals surface area contributed by atoms with Crippen molar-refractivity contribution in [2.24, 2.45) is 0 Å². The maximum absolute atomic E-state index is 12.2. The van der Waals surface area contributed by atoms with Crippen LogP contribution in [0.2, 0.25) is 5.15 Å². The van der Waals surface area contributed by atoms with E-state index in [0.717, 1.165) is 34.3 Å². The predicted molar refractivity (Wildman–Crippen MR) is 164 cm³/mol. The Hall–Kier alpha value is -5.19. The zero-order valence-corrected chi connectivity index (χ0v) is 25.8. The minimum absolute atomic E-state index is 0.0199. The van der Waals surface area contributed by atoms with Crippen LogP contribution in [0.1, 0.15) is 47.2 Å². The number of hydrogen-bond donors (Lipinski definition) is 3. The number of carbonyl (C=O) groups is 2. The van der Waals surface area contributed by atoms with Crippen molar-refractivity contribution >= 4 is 23.7 Å². The molecule has 244 valence electrons. The molecular formula is C31H30ClN7O8. The lowest BCUT2D eigenvalue weighted by molar-refractivity contribution is -0.497. The number of unbranched alkanes of at least 4 members (excludes halogenated alkanes) is 1. The lowest BCUT2D eigenvalue weighted by atomic mass is 9.98. The van der Waals surface area contributed by atoms with E-state index in [4.69, 9.17) is 31.5 Å². The first-order chi connectivity index (χ1) is 22.7. The topological polar surface area (TPSA) is 187 Å². The molecule has 47 heavy (non-hydrogen) atoms. The van der Waals surface area contributed by atoms with E-state index in [1.54, 1.807) is 16.7 Å². The van der Waals surface area contributed by atoms with Crippen LogP contribution in [0.15, 0.2) is 72.8 Å². The molecule has 5 rings (SSSR count). The van der Waals surface area contributed by atoms with E-state index >= 15 is 0 Å². The zero-order valence-electron chi connectivity index (χ0n) is 25.1. The van der Waals surface area contributed by atoms with Gasteiger partial charge in [-0.2, -0.15) is 0 Å². The summed E-state index contributed by atoms with van der Waals surface area (Å²) < 4.78 is 11.9. The van der Waals surface area contributed by atoms with Gasteiger partial charge in [-0.25, -0.2) is 19.4 Å². The van der Waals surface area contributed by atoms with Gasteiger partial charge in [0, 0.05) is 18.5 Å². The maximum atomic E-state index is 12.2. The summed E-state index contributed by atoms with van der Waals surface area (Å²) in [5.74, 6) is -0.0431. The summed E-state index contributed by atoms with van der Waals surface area (Å²) in [7, 11) is 0. The normalized spacial score (nSPS) is 11.2. The van der Waals surface area contributed by atoms with Crippen LogP contribution in [0, 0.1) is 0 Å². The number of hydrogen-bond acceptors (Lipinski definition) is 12. The van der Waals surface area contributed by atoms with E-state index in [-0.39, 0.29) is 29.9 Å². The fourth-order valence-corrected chi connectivity index (χ4v) is 5.02. The number of carbonyl (C=O) groups excluding carboxylic acids is 1. The SMILES string of the molecule is CCCCc1nc(Cl)c(C(=O)O)n1Cc1ccc(-c2ccccc2-c2nnn(COC(=O)Oc3cccc(CON(O)O)c3)n2)cc1. The Morgan fingerprint density at radius 2 is 1.74 bits per heavy atom. The van der Waals surface area contributed by atoms with Gasteiger partial charge in [-0.3, -0.25) is 10.4 Å². The fourth-order valence-electron chi connectivity index (χ4n) is 4.74. The van der Waals surface area contributed by atoms with E-state index in [9.17, 15) is 14.7 Å². The molecule has 0 bridgehead atoms. The van der Waals surface area contributed by atoms with Crippen molar-refractivity contribution in [3.8, 4) is 28.3 Å². The number of rotatable bonds is 14. The second-order valence-electron chi connectivity index (χ2n) is 10.2. The second kappa shape index (κ2) is 15.4. The molecule has 5 aromatic rings. The Morgan fingerprint density at radius 1 is 0.979 bits per heavy atom. The molecule has 0 fully saturated rings. The Kier molecular flexibility index (Phi) is 10.9. The molecule has 0 aliphatic carbocycles. The Bertz CT molecular complexity index is 1840. The molecule has 2 heterocycles. The van der Waals surface area contributed by atoms with E-state index in [1.807, 2.05) is 48.5 Å². The van der Waals surface area contributed by atoms with Crippen molar-refractivity contribution in [3.05, 3.63) is 101 Å². The summed E-state index contributed by atoms with van der Waals surface area (Å²) in [5.41, 5.74) is 3.73. The van der Waals surface area contributed by atoms with Crippen molar-refractivity contribution in [3.63, 3.8) is 0 Å². The number of aromatic carboxylic acids is 1. The van der Waals surface area contributed by atoms with Crippen molar-refractivity contribution in [1.29, 1.82) is 0 Å². The molecule has 0 spiro atoms. The highest BCUT2D eigenvalue weighted by molar-refractivity contribution is 6.32. The summed E-state index contributed by atoms with van der Waals surface area (Å²) in [4.78, 5) is 34.1. The Labute approximate surface area is 273 Å². The first-order valence-electron chi connectivity index (χ1n) is 14.4. The molecule has 0 amide bonds. The van der Waals surface area contributed by atoms with Gasteiger partial charge in [0.15, 0.2) is 10.8 Å². The van der Waals surface area contributed by atoms with Gasteiger partial charge in [-0.1, -0.05) is 85.6 Å². The average molecular weight is 664 g/mol. The summed E-state index contributed by atoms with van der Waals surface area (Å²) in [6.45, 7) is 1.81. The fraction of sp³-hybridized carbons (Fsp3) is 0.226. The number of halogens is 1. The average Bonchev–Trinajstić information content (AvgIpc) is 3.66. The molecule has 0 saturated heterocycles. The van der Waals surface area contributed by atoms with E-state index < -0.39 is 17.5 Å². The van der Waals surface area contributed by atoms with Gasteiger partial charge >= 0.3 is 12.1 Å². The summed E-state index contributed by atoms with van der Waals surface area (Å²) in [5, 5.41) is 39.1.